The molecule has 3 aromatic heterocycles. The summed E-state index contributed by atoms with van der Waals surface area (Å²) in [6, 6.07) is 64.1. The number of benzene rings is 8. The predicted molar refractivity (Wildman–Crippen MR) is 279 cm³/mol. The highest BCUT2D eigenvalue weighted by atomic mass is 16.5. The van der Waals surface area contributed by atoms with Crippen LogP contribution in [0.5, 0.6) is 23.0 Å². The molecule has 8 aromatic carbocycles. The maximum absolute atomic E-state index is 6.64. The van der Waals surface area contributed by atoms with Gasteiger partial charge in [-0.25, -0.2) is 29.9 Å². The van der Waals surface area contributed by atoms with Gasteiger partial charge in [0.1, 0.15) is 49.0 Å². The van der Waals surface area contributed by atoms with Gasteiger partial charge in [0.05, 0.1) is 0 Å². The molecular formula is C60H42N8O4. The third-order valence-electron chi connectivity index (χ3n) is 12.7. The number of fused-ring (bicyclic) bond motifs is 20. The van der Waals surface area contributed by atoms with Crippen LogP contribution < -0.4 is 18.9 Å². The molecule has 0 fully saturated rings. The number of ether oxygens (including phenoxy) is 4. The molecular weight excluding hydrogens is 897 g/mol. The molecule has 0 saturated carbocycles. The van der Waals surface area contributed by atoms with Gasteiger partial charge >= 0.3 is 0 Å². The molecule has 0 atom stereocenters. The van der Waals surface area contributed by atoms with E-state index in [1.54, 1.807) is 0 Å². The van der Waals surface area contributed by atoms with E-state index in [0.717, 1.165) is 54.9 Å². The molecule has 346 valence electrons. The zero-order valence-electron chi connectivity index (χ0n) is 38.6. The van der Waals surface area contributed by atoms with Gasteiger partial charge in [-0.05, 0) is 46.5 Å². The lowest BCUT2D eigenvalue weighted by Crippen LogP contribution is -2.01. The normalized spacial score (nSPS) is 11.6. The van der Waals surface area contributed by atoms with Crippen LogP contribution in [0.3, 0.4) is 0 Å². The smallest absolute Gasteiger partial charge is 0.164 e. The Morgan fingerprint density at radius 1 is 0.264 bits per heavy atom. The van der Waals surface area contributed by atoms with E-state index in [1.807, 2.05) is 194 Å². The van der Waals surface area contributed by atoms with Crippen LogP contribution in [0.4, 0.5) is 0 Å². The molecule has 0 amide bonds. The van der Waals surface area contributed by atoms with Crippen molar-refractivity contribution in [3.8, 4) is 68.5 Å². The van der Waals surface area contributed by atoms with Crippen molar-refractivity contribution < 1.29 is 18.9 Å². The predicted octanol–water partition coefficient (Wildman–Crippen LogP) is 13.2. The first-order valence-electron chi connectivity index (χ1n) is 23.7. The van der Waals surface area contributed by atoms with Crippen LogP contribution in [0.25, 0.3) is 89.7 Å². The quantitative estimate of drug-likeness (QED) is 0.121. The lowest BCUT2D eigenvalue weighted by atomic mass is 10.1. The van der Waals surface area contributed by atoms with Crippen LogP contribution in [0, 0.1) is 0 Å². The Morgan fingerprint density at radius 2 is 0.542 bits per heavy atom. The van der Waals surface area contributed by atoms with Crippen molar-refractivity contribution in [1.29, 1.82) is 0 Å². The third kappa shape index (κ3) is 8.26. The van der Waals surface area contributed by atoms with Crippen LogP contribution >= 0.6 is 0 Å². The van der Waals surface area contributed by atoms with Crippen LogP contribution in [0.15, 0.2) is 194 Å². The highest BCUT2D eigenvalue weighted by molar-refractivity contribution is 6.07. The molecule has 5 heterocycles. The topological polar surface area (TPSA) is 146 Å². The summed E-state index contributed by atoms with van der Waals surface area (Å²) >= 11 is 0. The molecule has 12 heteroatoms. The molecule has 12 nitrogen and oxygen atoms in total. The van der Waals surface area contributed by atoms with E-state index in [1.165, 1.54) is 0 Å². The number of nitrogens with one attached hydrogen (secondary N) is 2. The van der Waals surface area contributed by atoms with Gasteiger partial charge in [-0.2, -0.15) is 0 Å². The van der Waals surface area contributed by atoms with Crippen molar-refractivity contribution in [2.45, 2.75) is 26.4 Å². The summed E-state index contributed by atoms with van der Waals surface area (Å²) in [5.74, 6) is 3.99. The van der Waals surface area contributed by atoms with Gasteiger partial charge in [0.2, 0.25) is 0 Å². The van der Waals surface area contributed by atoms with E-state index < -0.39 is 0 Å². The van der Waals surface area contributed by atoms with Crippen molar-refractivity contribution >= 4 is 44.1 Å². The third-order valence-corrected chi connectivity index (χ3v) is 12.7. The Hall–Kier alpha value is -9.68. The molecule has 0 saturated heterocycles. The fourth-order valence-corrected chi connectivity index (χ4v) is 9.10. The van der Waals surface area contributed by atoms with Crippen molar-refractivity contribution in [3.63, 3.8) is 0 Å². The average molecular weight is 939 g/mol. The Bertz CT molecular complexity index is 4000. The lowest BCUT2D eigenvalue weighted by Gasteiger charge is -2.15. The number of H-pyrrole nitrogens is 2. The fourth-order valence-electron chi connectivity index (χ4n) is 9.10. The minimum atomic E-state index is 0.311. The molecule has 2 N–H and O–H groups in total. The van der Waals surface area contributed by atoms with Crippen molar-refractivity contribution in [2.75, 3.05) is 0 Å². The lowest BCUT2D eigenvalue weighted by molar-refractivity contribution is 0.256. The first-order valence-corrected chi connectivity index (χ1v) is 23.7. The first kappa shape index (κ1) is 42.4. The second-order valence-corrected chi connectivity index (χ2v) is 17.5. The molecule has 0 radical (unpaired) electrons. The van der Waals surface area contributed by atoms with Crippen LogP contribution in [0.2, 0.25) is 0 Å². The van der Waals surface area contributed by atoms with Crippen LogP contribution in [-0.4, -0.2) is 39.9 Å². The average Bonchev–Trinajstić information content (AvgIpc) is 4.17. The second-order valence-electron chi connectivity index (χ2n) is 17.5. The summed E-state index contributed by atoms with van der Waals surface area (Å²) in [4.78, 5) is 38.6. The minimum Gasteiger partial charge on any atom is -0.485 e. The Morgan fingerprint density at radius 3 is 0.889 bits per heavy atom. The number of hydrogen-bond acceptors (Lipinski definition) is 10. The molecule has 2 aliphatic rings. The van der Waals surface area contributed by atoms with E-state index >= 15 is 0 Å². The molecule has 2 aliphatic heterocycles. The summed E-state index contributed by atoms with van der Waals surface area (Å²) in [7, 11) is 0. The Labute approximate surface area is 412 Å². The summed E-state index contributed by atoms with van der Waals surface area (Å²) in [5, 5.41) is 3.21. The zero-order chi connectivity index (χ0) is 47.8. The first-order chi connectivity index (χ1) is 35.6. The number of aromatic amines is 2. The van der Waals surface area contributed by atoms with Crippen molar-refractivity contribution in [1.82, 2.24) is 39.9 Å². The summed E-state index contributed by atoms with van der Waals surface area (Å²) in [6.07, 6.45) is 0. The maximum Gasteiger partial charge on any atom is 0.164 e. The van der Waals surface area contributed by atoms with E-state index in [2.05, 4.69) is 9.97 Å². The molecule has 8 bridgehead atoms. The van der Waals surface area contributed by atoms with E-state index in [-0.39, 0.29) is 0 Å². The summed E-state index contributed by atoms with van der Waals surface area (Å²) < 4.78 is 26.5. The van der Waals surface area contributed by atoms with Gasteiger partial charge in [0.25, 0.3) is 0 Å². The second kappa shape index (κ2) is 18.3. The molecule has 11 aromatic rings. The molecule has 72 heavy (non-hydrogen) atoms. The summed E-state index contributed by atoms with van der Waals surface area (Å²) in [6.45, 7) is 1.26. The number of hydrogen-bond donors (Lipinski definition) is 2. The molecule has 13 rings (SSSR count). The van der Waals surface area contributed by atoms with Crippen molar-refractivity contribution in [2.24, 2.45) is 0 Å². The van der Waals surface area contributed by atoms with E-state index in [9.17, 15) is 0 Å². The van der Waals surface area contributed by atoms with Gasteiger partial charge < -0.3 is 28.9 Å². The van der Waals surface area contributed by atoms with Gasteiger partial charge in [-0.1, -0.05) is 170 Å². The largest absolute Gasteiger partial charge is 0.485 e. The maximum atomic E-state index is 6.64. The summed E-state index contributed by atoms with van der Waals surface area (Å²) in [5.41, 5.74) is 9.34. The monoisotopic (exact) mass is 938 g/mol. The highest BCUT2D eigenvalue weighted by Gasteiger charge is 2.26. The van der Waals surface area contributed by atoms with Crippen LogP contribution in [-0.2, 0) is 26.4 Å². The molecule has 0 spiro atoms. The standard InChI is InChI=1S/C60H42N8O4/c1-5-17-37(18-6-1)33-69-49-29-45-47(31-51(49)71-35-39-21-9-3-10-22-39)59-66-57(45)64-55-43-27-15-13-25-41(43)53(62-55)61-54-42-26-14-16-28-44(42)56(63-54)65-58-46-30-50(70-34-38-19-7-2-8-20-38)52(32-48(46)60(67-58)68-59)72-36-40-23-11-4-12-24-40/h1-32H,33-36H2,(H2,61,62,63,64,65,66,67,68). The SMILES string of the molecule is c1ccc(COc2cc3c(cc2OCc2ccccc2)-c2nc-3nc3[nH]c(nc4nc(nc5[nH]c(n2)c2cc(OCc6ccccc6)c(OCc6ccccc6)cc52)-c2ccccc2-4)c2ccccc32)cc1. The van der Waals surface area contributed by atoms with Crippen molar-refractivity contribution in [3.05, 3.63) is 216 Å². The molecule has 0 unspecified atom stereocenters. The fraction of sp³-hybridized carbons (Fsp3) is 0.0667. The van der Waals surface area contributed by atoms with Crippen LogP contribution in [0.1, 0.15) is 22.3 Å². The Balaban J connectivity index is 1.07. The van der Waals surface area contributed by atoms with Gasteiger partial charge in [0, 0.05) is 43.8 Å². The number of aromatic nitrogens is 8. The zero-order valence-corrected chi connectivity index (χ0v) is 38.6. The van der Waals surface area contributed by atoms with E-state index in [0.29, 0.717) is 106 Å². The van der Waals surface area contributed by atoms with Gasteiger partial charge in [-0.15, -0.1) is 0 Å². The highest BCUT2D eigenvalue weighted by Crippen LogP contribution is 2.44. The van der Waals surface area contributed by atoms with Gasteiger partial charge in [0.15, 0.2) is 46.3 Å². The Kier molecular flexibility index (Phi) is 10.8. The van der Waals surface area contributed by atoms with E-state index in [4.69, 9.17) is 48.9 Å². The number of rotatable bonds is 12. The molecule has 0 aliphatic carbocycles. The number of nitrogens with zero attached hydrogens (tertiary/aromatic N) is 6. The minimum absolute atomic E-state index is 0.311. The van der Waals surface area contributed by atoms with Gasteiger partial charge in [-0.3, -0.25) is 0 Å².